The van der Waals surface area contributed by atoms with E-state index < -0.39 is 17.9 Å². The Morgan fingerprint density at radius 1 is 1.62 bits per heavy atom. The fourth-order valence-electron chi connectivity index (χ4n) is 0.838. The number of methoxy groups -OCH3 is 1. The Balaban J connectivity index is 2.85. The topological polar surface area (TPSA) is 94.3 Å². The zero-order valence-electron chi connectivity index (χ0n) is 8.61. The monoisotopic (exact) mass is 263 g/mol. The lowest BCUT2D eigenvalue weighted by atomic mass is 10.3. The third-order valence-corrected chi connectivity index (χ3v) is 3.08. The van der Waals surface area contributed by atoms with Gasteiger partial charge in [-0.1, -0.05) is 22.9 Å². The van der Waals surface area contributed by atoms with Crippen molar-refractivity contribution in [3.8, 4) is 0 Å². The molecule has 0 aliphatic heterocycles. The van der Waals surface area contributed by atoms with Gasteiger partial charge in [-0.3, -0.25) is 4.79 Å². The normalized spacial score (nSPS) is 11.9. The smallest absolute Gasteiger partial charge is 0.351 e. The maximum atomic E-state index is 11.2. The van der Waals surface area contributed by atoms with Gasteiger partial charge < -0.3 is 15.8 Å². The molecule has 0 fully saturated rings. The summed E-state index contributed by atoms with van der Waals surface area (Å²) in [5, 5.41) is 3.10. The first kappa shape index (κ1) is 12.7. The van der Waals surface area contributed by atoms with Crippen molar-refractivity contribution in [3.05, 3.63) is 10.0 Å². The molecule has 0 spiro atoms. The average molecular weight is 264 g/mol. The molecular formula is C8H10ClN3O3S. The Morgan fingerprint density at radius 3 is 2.75 bits per heavy atom. The van der Waals surface area contributed by atoms with Crippen LogP contribution >= 0.6 is 22.9 Å². The number of aromatic nitrogens is 1. The summed E-state index contributed by atoms with van der Waals surface area (Å²) in [7, 11) is 1.25. The number of esters is 1. The number of ether oxygens (including phenoxy) is 1. The number of thiazole rings is 1. The van der Waals surface area contributed by atoms with E-state index in [9.17, 15) is 9.59 Å². The highest BCUT2D eigenvalue weighted by Crippen LogP contribution is 2.27. The molecule has 1 atom stereocenters. The summed E-state index contributed by atoms with van der Waals surface area (Å²) in [5.74, 6) is -1.09. The van der Waals surface area contributed by atoms with Crippen LogP contribution in [0.15, 0.2) is 0 Å². The third kappa shape index (κ3) is 2.83. The molecule has 0 radical (unpaired) electrons. The minimum absolute atomic E-state index is 0.0380. The van der Waals surface area contributed by atoms with Crippen LogP contribution in [0.5, 0.6) is 0 Å². The molecule has 1 amide bonds. The number of nitrogens with two attached hydrogens (primary N) is 1. The van der Waals surface area contributed by atoms with E-state index in [1.165, 1.54) is 7.11 Å². The predicted octanol–water partition coefficient (Wildman–Crippen LogP) is 0.869. The minimum atomic E-state index is -0.590. The molecular weight excluding hydrogens is 254 g/mol. The summed E-state index contributed by atoms with van der Waals surface area (Å²) in [6, 6.07) is -0.590. The first-order chi connectivity index (χ1) is 7.45. The number of anilines is 1. The van der Waals surface area contributed by atoms with Crippen LogP contribution < -0.4 is 11.1 Å². The first-order valence-corrected chi connectivity index (χ1v) is 5.45. The van der Waals surface area contributed by atoms with E-state index in [1.54, 1.807) is 6.92 Å². The largest absolute Gasteiger partial charge is 0.465 e. The van der Waals surface area contributed by atoms with Crippen LogP contribution in [-0.4, -0.2) is 30.0 Å². The van der Waals surface area contributed by atoms with Gasteiger partial charge in [0.15, 0.2) is 15.2 Å². The van der Waals surface area contributed by atoms with Crippen LogP contribution in [-0.2, 0) is 9.53 Å². The van der Waals surface area contributed by atoms with Gasteiger partial charge in [0.25, 0.3) is 0 Å². The van der Waals surface area contributed by atoms with Gasteiger partial charge in [-0.05, 0) is 6.92 Å². The number of rotatable bonds is 4. The molecule has 0 bridgehead atoms. The van der Waals surface area contributed by atoms with E-state index in [-0.39, 0.29) is 10.0 Å². The predicted molar refractivity (Wildman–Crippen MR) is 60.7 cm³/mol. The third-order valence-electron chi connectivity index (χ3n) is 1.72. The van der Waals surface area contributed by atoms with Crippen LogP contribution in [0.25, 0.3) is 0 Å². The molecule has 6 nitrogen and oxygen atoms in total. The molecule has 0 aliphatic rings. The summed E-state index contributed by atoms with van der Waals surface area (Å²) in [6.45, 7) is 1.58. The van der Waals surface area contributed by atoms with Crippen molar-refractivity contribution >= 4 is 39.9 Å². The Hall–Kier alpha value is -1.34. The lowest BCUT2D eigenvalue weighted by Gasteiger charge is -2.06. The van der Waals surface area contributed by atoms with E-state index in [2.05, 4.69) is 15.0 Å². The molecule has 3 N–H and O–H groups in total. The second-order valence-electron chi connectivity index (χ2n) is 2.90. The Labute approximate surface area is 101 Å². The Kier molecular flexibility index (Phi) is 4.08. The summed E-state index contributed by atoms with van der Waals surface area (Å²) >= 11 is 6.73. The lowest BCUT2D eigenvalue weighted by Crippen LogP contribution is -2.32. The van der Waals surface area contributed by atoms with E-state index in [0.717, 1.165) is 11.3 Å². The van der Waals surface area contributed by atoms with Crippen molar-refractivity contribution in [2.24, 2.45) is 5.73 Å². The number of primary amides is 1. The fraction of sp³-hybridized carbons (Fsp3) is 0.375. The van der Waals surface area contributed by atoms with Gasteiger partial charge in [0, 0.05) is 0 Å². The summed E-state index contributed by atoms with van der Waals surface area (Å²) in [6.07, 6.45) is 0. The molecule has 1 unspecified atom stereocenters. The number of nitrogens with zero attached hydrogens (tertiary/aromatic N) is 1. The maximum absolute atomic E-state index is 11.2. The summed E-state index contributed by atoms with van der Waals surface area (Å²) < 4.78 is 4.51. The molecule has 1 heterocycles. The Bertz CT molecular complexity index is 421. The maximum Gasteiger partial charge on any atom is 0.351 e. The standard InChI is InChI=1S/C8H10ClN3O3S/c1-3(6(10)13)11-8-12-5(9)4(16-8)7(14)15-2/h3H,1-2H3,(H2,10,13)(H,11,12). The summed E-state index contributed by atoms with van der Waals surface area (Å²) in [5.41, 5.74) is 5.07. The van der Waals surface area contributed by atoms with Gasteiger partial charge in [-0.15, -0.1) is 0 Å². The van der Waals surface area contributed by atoms with Crippen molar-refractivity contribution < 1.29 is 14.3 Å². The van der Waals surface area contributed by atoms with Gasteiger partial charge in [0.1, 0.15) is 6.04 Å². The van der Waals surface area contributed by atoms with Crippen molar-refractivity contribution in [2.75, 3.05) is 12.4 Å². The molecule has 0 aliphatic carbocycles. The molecule has 1 rings (SSSR count). The fourth-order valence-corrected chi connectivity index (χ4v) is 2.03. The zero-order valence-corrected chi connectivity index (χ0v) is 10.2. The van der Waals surface area contributed by atoms with Crippen molar-refractivity contribution in [1.82, 2.24) is 4.98 Å². The van der Waals surface area contributed by atoms with E-state index >= 15 is 0 Å². The zero-order chi connectivity index (χ0) is 12.3. The van der Waals surface area contributed by atoms with Gasteiger partial charge >= 0.3 is 5.97 Å². The van der Waals surface area contributed by atoms with Gasteiger partial charge in [-0.2, -0.15) is 0 Å². The lowest BCUT2D eigenvalue weighted by molar-refractivity contribution is -0.118. The van der Waals surface area contributed by atoms with Crippen molar-refractivity contribution in [1.29, 1.82) is 0 Å². The molecule has 0 aromatic carbocycles. The van der Waals surface area contributed by atoms with Crippen molar-refractivity contribution in [2.45, 2.75) is 13.0 Å². The molecule has 0 saturated heterocycles. The number of carbonyl (C=O) groups excluding carboxylic acids is 2. The van der Waals surface area contributed by atoms with Crippen molar-refractivity contribution in [3.63, 3.8) is 0 Å². The SMILES string of the molecule is COC(=O)c1sc(NC(C)C(N)=O)nc1Cl. The molecule has 1 aromatic heterocycles. The average Bonchev–Trinajstić information content (AvgIpc) is 2.58. The van der Waals surface area contributed by atoms with E-state index in [4.69, 9.17) is 17.3 Å². The number of halogens is 1. The van der Waals surface area contributed by atoms with Crippen LogP contribution in [0.1, 0.15) is 16.6 Å². The van der Waals surface area contributed by atoms with Gasteiger partial charge in [-0.25, -0.2) is 9.78 Å². The second kappa shape index (κ2) is 5.13. The highest BCUT2D eigenvalue weighted by Gasteiger charge is 2.19. The summed E-state index contributed by atoms with van der Waals surface area (Å²) in [4.78, 5) is 26.1. The van der Waals surface area contributed by atoms with Gasteiger partial charge in [0.05, 0.1) is 7.11 Å². The first-order valence-electron chi connectivity index (χ1n) is 4.26. The quantitative estimate of drug-likeness (QED) is 0.786. The number of carbonyl (C=O) groups is 2. The Morgan fingerprint density at radius 2 is 2.25 bits per heavy atom. The molecule has 8 heteroatoms. The minimum Gasteiger partial charge on any atom is -0.465 e. The number of nitrogens with one attached hydrogen (secondary N) is 1. The van der Waals surface area contributed by atoms with Crippen LogP contribution in [0.2, 0.25) is 5.15 Å². The van der Waals surface area contributed by atoms with Crippen LogP contribution in [0.4, 0.5) is 5.13 Å². The van der Waals surface area contributed by atoms with E-state index in [0.29, 0.717) is 5.13 Å². The van der Waals surface area contributed by atoms with E-state index in [1.807, 2.05) is 0 Å². The van der Waals surface area contributed by atoms with Gasteiger partial charge in [0.2, 0.25) is 5.91 Å². The second-order valence-corrected chi connectivity index (χ2v) is 4.26. The number of hydrogen-bond donors (Lipinski definition) is 2. The number of hydrogen-bond acceptors (Lipinski definition) is 6. The molecule has 0 saturated carbocycles. The highest BCUT2D eigenvalue weighted by molar-refractivity contribution is 7.18. The molecule has 16 heavy (non-hydrogen) atoms. The van der Waals surface area contributed by atoms with Crippen LogP contribution in [0.3, 0.4) is 0 Å². The highest BCUT2D eigenvalue weighted by atomic mass is 35.5. The molecule has 1 aromatic rings. The van der Waals surface area contributed by atoms with Crippen LogP contribution in [0, 0.1) is 0 Å². The number of amides is 1. The molecule has 88 valence electrons.